The molecule has 0 saturated heterocycles. The summed E-state index contributed by atoms with van der Waals surface area (Å²) in [6, 6.07) is 16.1. The van der Waals surface area contributed by atoms with Crippen LogP contribution in [0.25, 0.3) is 10.8 Å². The molecule has 0 aromatic heterocycles. The molecule has 3 aromatic carbocycles. The predicted octanol–water partition coefficient (Wildman–Crippen LogP) is 6.22. The second-order valence-electron chi connectivity index (χ2n) is 9.28. The van der Waals surface area contributed by atoms with E-state index in [2.05, 4.69) is 12.2 Å². The third kappa shape index (κ3) is 5.76. The van der Waals surface area contributed by atoms with E-state index in [1.54, 1.807) is 30.0 Å². The minimum atomic E-state index is -0.705. The topological polar surface area (TPSA) is 69.7 Å². The smallest absolute Gasteiger partial charge is 0.258 e. The molecule has 37 heavy (non-hydrogen) atoms. The van der Waals surface area contributed by atoms with Crippen molar-refractivity contribution >= 4 is 57.4 Å². The van der Waals surface area contributed by atoms with Gasteiger partial charge in [-0.1, -0.05) is 66.9 Å². The molecule has 3 aromatic rings. The van der Waals surface area contributed by atoms with Gasteiger partial charge in [0.25, 0.3) is 5.91 Å². The zero-order valence-electron chi connectivity index (χ0n) is 21.1. The molecule has 1 heterocycles. The molecule has 194 valence electrons. The number of anilines is 1. The highest BCUT2D eigenvalue weighted by Gasteiger charge is 2.30. The van der Waals surface area contributed by atoms with Crippen LogP contribution in [0.5, 0.6) is 0 Å². The fourth-order valence-electron chi connectivity index (χ4n) is 4.71. The third-order valence-electron chi connectivity index (χ3n) is 6.81. The number of halogens is 2. The van der Waals surface area contributed by atoms with Crippen molar-refractivity contribution in [2.75, 3.05) is 18.0 Å². The molecular formula is C29H31Cl2N3O3. The number of amides is 3. The maximum Gasteiger partial charge on any atom is 0.258 e. The lowest BCUT2D eigenvalue weighted by Gasteiger charge is -2.30. The fraction of sp³-hybridized carbons (Fsp3) is 0.345. The van der Waals surface area contributed by atoms with Gasteiger partial charge in [-0.2, -0.15) is 0 Å². The lowest BCUT2D eigenvalue weighted by molar-refractivity contribution is -0.140. The Labute approximate surface area is 227 Å². The second kappa shape index (κ2) is 12.0. The molecule has 1 atom stereocenters. The molecule has 6 nitrogen and oxygen atoms in total. The Morgan fingerprint density at radius 1 is 1.00 bits per heavy atom. The Morgan fingerprint density at radius 3 is 2.38 bits per heavy atom. The molecule has 1 aliphatic rings. The van der Waals surface area contributed by atoms with Gasteiger partial charge in [0.1, 0.15) is 6.04 Å². The Balaban J connectivity index is 1.47. The average molecular weight is 540 g/mol. The molecule has 4 rings (SSSR count). The molecule has 1 aliphatic heterocycles. The van der Waals surface area contributed by atoms with Crippen LogP contribution < -0.4 is 10.2 Å². The highest BCUT2D eigenvalue weighted by Crippen LogP contribution is 2.37. The predicted molar refractivity (Wildman–Crippen MR) is 149 cm³/mol. The van der Waals surface area contributed by atoms with Crippen LogP contribution in [0.3, 0.4) is 0 Å². The van der Waals surface area contributed by atoms with Crippen molar-refractivity contribution in [3.8, 4) is 0 Å². The van der Waals surface area contributed by atoms with E-state index in [1.807, 2.05) is 36.4 Å². The van der Waals surface area contributed by atoms with Crippen LogP contribution in [0.1, 0.15) is 55.5 Å². The number of carbonyl (C=O) groups is 3. The Bertz CT molecular complexity index is 1300. The van der Waals surface area contributed by atoms with Gasteiger partial charge < -0.3 is 15.1 Å². The number of hydrogen-bond acceptors (Lipinski definition) is 3. The molecule has 0 spiro atoms. The molecule has 0 unspecified atom stereocenters. The van der Waals surface area contributed by atoms with E-state index < -0.39 is 6.04 Å². The summed E-state index contributed by atoms with van der Waals surface area (Å²) in [7, 11) is 0. The normalized spacial score (nSPS) is 13.2. The van der Waals surface area contributed by atoms with Crippen LogP contribution in [0, 0.1) is 0 Å². The van der Waals surface area contributed by atoms with E-state index in [0.29, 0.717) is 40.7 Å². The highest BCUT2D eigenvalue weighted by atomic mass is 35.5. The summed E-state index contributed by atoms with van der Waals surface area (Å²) in [5.41, 5.74) is 2.16. The first-order valence-electron chi connectivity index (χ1n) is 12.7. The van der Waals surface area contributed by atoms with Crippen LogP contribution in [-0.4, -0.2) is 41.8 Å². The van der Waals surface area contributed by atoms with Gasteiger partial charge in [-0.3, -0.25) is 14.4 Å². The molecule has 8 heteroatoms. The maximum absolute atomic E-state index is 13.5. The van der Waals surface area contributed by atoms with Crippen LogP contribution >= 0.6 is 23.2 Å². The van der Waals surface area contributed by atoms with Crippen LogP contribution in [0.2, 0.25) is 10.0 Å². The standard InChI is InChI=1S/C29H31Cl2N3O3/c1-3-4-16-32-28(36)19(2)34(18-22-23(30)12-7-13-24(22)31)26(35)15-8-17-33-25-14-6-10-20-9-5-11-21(27(20)25)29(33)37/h5-7,9-14,19H,3-4,8,15-18H2,1-2H3,(H,32,36)/t19-/m0/s1. The molecule has 0 radical (unpaired) electrons. The van der Waals surface area contributed by atoms with Gasteiger partial charge in [0.2, 0.25) is 11.8 Å². The molecule has 0 bridgehead atoms. The number of rotatable bonds is 11. The number of nitrogens with one attached hydrogen (secondary N) is 1. The fourth-order valence-corrected chi connectivity index (χ4v) is 5.22. The minimum absolute atomic E-state index is 0.0531. The summed E-state index contributed by atoms with van der Waals surface area (Å²) in [4.78, 5) is 42.7. The first-order chi connectivity index (χ1) is 17.8. The van der Waals surface area contributed by atoms with Gasteiger partial charge in [-0.25, -0.2) is 0 Å². The summed E-state index contributed by atoms with van der Waals surface area (Å²) >= 11 is 12.8. The van der Waals surface area contributed by atoms with Gasteiger partial charge in [0, 0.05) is 52.6 Å². The van der Waals surface area contributed by atoms with Crippen molar-refractivity contribution in [1.82, 2.24) is 10.2 Å². The van der Waals surface area contributed by atoms with Crippen molar-refractivity contribution in [2.45, 2.75) is 52.1 Å². The third-order valence-corrected chi connectivity index (χ3v) is 7.52. The van der Waals surface area contributed by atoms with E-state index in [-0.39, 0.29) is 30.7 Å². The maximum atomic E-state index is 13.5. The summed E-state index contributed by atoms with van der Waals surface area (Å²) in [6.07, 6.45) is 2.44. The number of nitrogens with zero attached hydrogens (tertiary/aromatic N) is 2. The molecule has 0 saturated carbocycles. The first kappa shape index (κ1) is 27.0. The molecule has 1 N–H and O–H groups in total. The lowest BCUT2D eigenvalue weighted by Crippen LogP contribution is -2.48. The number of unbranched alkanes of at least 4 members (excludes halogenated alkanes) is 1. The molecule has 0 aliphatic carbocycles. The van der Waals surface area contributed by atoms with Crippen molar-refractivity contribution < 1.29 is 14.4 Å². The van der Waals surface area contributed by atoms with E-state index in [1.165, 1.54) is 4.90 Å². The highest BCUT2D eigenvalue weighted by molar-refractivity contribution is 6.36. The van der Waals surface area contributed by atoms with E-state index in [4.69, 9.17) is 23.2 Å². The van der Waals surface area contributed by atoms with Gasteiger partial charge >= 0.3 is 0 Å². The van der Waals surface area contributed by atoms with Gasteiger partial charge in [0.05, 0.1) is 5.69 Å². The number of carbonyl (C=O) groups excluding carboxylic acids is 3. The molecular weight excluding hydrogens is 509 g/mol. The zero-order chi connectivity index (χ0) is 26.5. The number of benzene rings is 3. The summed E-state index contributed by atoms with van der Waals surface area (Å²) in [5.74, 6) is -0.471. The SMILES string of the molecule is CCCCNC(=O)[C@H](C)N(Cc1c(Cl)cccc1Cl)C(=O)CCCN1C(=O)c2cccc3cccc1c23. The van der Waals surface area contributed by atoms with Gasteiger partial charge in [-0.05, 0) is 49.4 Å². The Morgan fingerprint density at radius 2 is 1.68 bits per heavy atom. The summed E-state index contributed by atoms with van der Waals surface area (Å²) in [5, 5.41) is 5.77. The number of hydrogen-bond donors (Lipinski definition) is 1. The molecule has 3 amide bonds. The van der Waals surface area contributed by atoms with Crippen molar-refractivity contribution in [3.63, 3.8) is 0 Å². The van der Waals surface area contributed by atoms with Crippen LogP contribution in [-0.2, 0) is 16.1 Å². The minimum Gasteiger partial charge on any atom is -0.354 e. The van der Waals surface area contributed by atoms with E-state index in [0.717, 1.165) is 29.3 Å². The zero-order valence-corrected chi connectivity index (χ0v) is 22.6. The van der Waals surface area contributed by atoms with Crippen molar-refractivity contribution in [3.05, 3.63) is 75.8 Å². The molecule has 0 fully saturated rings. The van der Waals surface area contributed by atoms with Crippen LogP contribution in [0.4, 0.5) is 5.69 Å². The lowest BCUT2D eigenvalue weighted by atomic mass is 10.1. The second-order valence-corrected chi connectivity index (χ2v) is 10.1. The largest absolute Gasteiger partial charge is 0.354 e. The van der Waals surface area contributed by atoms with Crippen molar-refractivity contribution in [2.24, 2.45) is 0 Å². The quantitative estimate of drug-likeness (QED) is 0.294. The first-order valence-corrected chi connectivity index (χ1v) is 13.4. The average Bonchev–Trinajstić information content (AvgIpc) is 3.16. The van der Waals surface area contributed by atoms with Crippen molar-refractivity contribution in [1.29, 1.82) is 0 Å². The Hall–Kier alpha value is -3.09. The van der Waals surface area contributed by atoms with Crippen LogP contribution in [0.15, 0.2) is 54.6 Å². The Kier molecular flexibility index (Phi) is 8.72. The van der Waals surface area contributed by atoms with E-state index >= 15 is 0 Å². The van der Waals surface area contributed by atoms with E-state index in [9.17, 15) is 14.4 Å². The summed E-state index contributed by atoms with van der Waals surface area (Å²) < 4.78 is 0. The van der Waals surface area contributed by atoms with Gasteiger partial charge in [0.15, 0.2) is 0 Å². The summed E-state index contributed by atoms with van der Waals surface area (Å²) in [6.45, 7) is 4.83. The van der Waals surface area contributed by atoms with Gasteiger partial charge in [-0.15, -0.1) is 0 Å². The monoisotopic (exact) mass is 539 g/mol.